The predicted octanol–water partition coefficient (Wildman–Crippen LogP) is 3.33. The Bertz CT molecular complexity index is 816. The van der Waals surface area contributed by atoms with Crippen molar-refractivity contribution >= 4 is 23.2 Å². The van der Waals surface area contributed by atoms with E-state index >= 15 is 0 Å². The average molecular weight is 338 g/mol. The van der Waals surface area contributed by atoms with Gasteiger partial charge >= 0.3 is 0 Å². The summed E-state index contributed by atoms with van der Waals surface area (Å²) >= 11 is 0. The Balaban J connectivity index is 1.72. The van der Waals surface area contributed by atoms with Crippen LogP contribution >= 0.6 is 0 Å². The van der Waals surface area contributed by atoms with E-state index in [4.69, 9.17) is 0 Å². The fraction of sp³-hybridized carbons (Fsp3) is 0.300. The largest absolute Gasteiger partial charge is 0.392 e. The highest BCUT2D eigenvalue weighted by atomic mass is 16.3. The minimum absolute atomic E-state index is 0.0107. The molecule has 1 saturated carbocycles. The van der Waals surface area contributed by atoms with Crippen molar-refractivity contribution in [3.8, 4) is 0 Å². The number of hydrogen-bond donors (Lipinski definition) is 3. The number of aliphatic hydroxyl groups is 1. The van der Waals surface area contributed by atoms with Crippen molar-refractivity contribution in [3.63, 3.8) is 0 Å². The number of rotatable bonds is 5. The van der Waals surface area contributed by atoms with Crippen molar-refractivity contribution in [1.29, 1.82) is 0 Å². The highest BCUT2D eigenvalue weighted by molar-refractivity contribution is 6.06. The van der Waals surface area contributed by atoms with E-state index in [-0.39, 0.29) is 24.3 Å². The van der Waals surface area contributed by atoms with Crippen LogP contribution in [0.4, 0.5) is 11.4 Å². The van der Waals surface area contributed by atoms with Gasteiger partial charge in [-0.3, -0.25) is 9.59 Å². The second kappa shape index (κ2) is 7.07. The highest BCUT2D eigenvalue weighted by Crippen LogP contribution is 2.38. The minimum atomic E-state index is -0.255. The van der Waals surface area contributed by atoms with Gasteiger partial charge in [0.2, 0.25) is 5.91 Å². The van der Waals surface area contributed by atoms with Gasteiger partial charge in [-0.1, -0.05) is 25.1 Å². The molecule has 2 atom stereocenters. The number of aliphatic hydroxyl groups excluding tert-OH is 1. The van der Waals surface area contributed by atoms with Gasteiger partial charge in [-0.15, -0.1) is 0 Å². The number of amides is 2. The number of benzene rings is 2. The molecule has 0 saturated heterocycles. The first-order valence-corrected chi connectivity index (χ1v) is 8.40. The summed E-state index contributed by atoms with van der Waals surface area (Å²) in [6.07, 6.45) is 0.923. The maximum atomic E-state index is 12.5. The van der Waals surface area contributed by atoms with Crippen molar-refractivity contribution in [1.82, 2.24) is 0 Å². The van der Waals surface area contributed by atoms with E-state index in [1.54, 1.807) is 30.3 Å². The van der Waals surface area contributed by atoms with E-state index < -0.39 is 0 Å². The molecule has 1 aliphatic rings. The Labute approximate surface area is 147 Å². The summed E-state index contributed by atoms with van der Waals surface area (Å²) in [5, 5.41) is 15.0. The molecule has 2 amide bonds. The Hall–Kier alpha value is -2.66. The molecule has 0 heterocycles. The van der Waals surface area contributed by atoms with Crippen LogP contribution < -0.4 is 10.6 Å². The van der Waals surface area contributed by atoms with Crippen molar-refractivity contribution < 1.29 is 14.7 Å². The standard InChI is InChI=1S/C20H22N2O3/c1-12-6-7-14(11-23)9-18(12)22-19(24)15-4-3-5-16(10-15)21-20(25)17-8-13(17)2/h3-7,9-10,13,17,23H,8,11H2,1-2H3,(H,21,25)(H,22,24). The molecule has 0 bridgehead atoms. The first kappa shape index (κ1) is 17.2. The Morgan fingerprint density at radius 2 is 1.92 bits per heavy atom. The zero-order valence-electron chi connectivity index (χ0n) is 14.4. The third-order valence-electron chi connectivity index (χ3n) is 4.57. The summed E-state index contributed by atoms with van der Waals surface area (Å²) in [5.74, 6) is 0.278. The molecule has 3 rings (SSSR count). The molecule has 3 N–H and O–H groups in total. The molecule has 1 fully saturated rings. The van der Waals surface area contributed by atoms with Gasteiger partial charge in [0.1, 0.15) is 0 Å². The molecule has 1 aliphatic carbocycles. The summed E-state index contributed by atoms with van der Waals surface area (Å²) < 4.78 is 0. The molecule has 5 nitrogen and oxygen atoms in total. The van der Waals surface area contributed by atoms with Crippen molar-refractivity contribution in [2.24, 2.45) is 11.8 Å². The minimum Gasteiger partial charge on any atom is -0.392 e. The number of aryl methyl sites for hydroxylation is 1. The fourth-order valence-electron chi connectivity index (χ4n) is 2.76. The maximum Gasteiger partial charge on any atom is 0.255 e. The van der Waals surface area contributed by atoms with Gasteiger partial charge in [-0.25, -0.2) is 0 Å². The molecule has 2 aromatic rings. The summed E-state index contributed by atoms with van der Waals surface area (Å²) in [7, 11) is 0. The van der Waals surface area contributed by atoms with Gasteiger partial charge < -0.3 is 15.7 Å². The Morgan fingerprint density at radius 3 is 2.60 bits per heavy atom. The third kappa shape index (κ3) is 4.06. The molecular formula is C20H22N2O3. The monoisotopic (exact) mass is 338 g/mol. The predicted molar refractivity (Wildman–Crippen MR) is 97.4 cm³/mol. The lowest BCUT2D eigenvalue weighted by Crippen LogP contribution is -2.16. The van der Waals surface area contributed by atoms with E-state index in [0.717, 1.165) is 17.5 Å². The number of carbonyl (C=O) groups excluding carboxylic acids is 2. The van der Waals surface area contributed by atoms with E-state index in [1.807, 2.05) is 19.1 Å². The first-order chi connectivity index (χ1) is 12.0. The number of anilines is 2. The smallest absolute Gasteiger partial charge is 0.255 e. The third-order valence-corrected chi connectivity index (χ3v) is 4.57. The SMILES string of the molecule is Cc1ccc(CO)cc1NC(=O)c1cccc(NC(=O)C2CC2C)c1. The van der Waals surface area contributed by atoms with Crippen LogP contribution in [0.1, 0.15) is 34.8 Å². The van der Waals surface area contributed by atoms with E-state index in [9.17, 15) is 14.7 Å². The van der Waals surface area contributed by atoms with Crippen LogP contribution in [0, 0.1) is 18.8 Å². The van der Waals surface area contributed by atoms with Gasteiger partial charge in [-0.05, 0) is 54.7 Å². The van der Waals surface area contributed by atoms with Crippen LogP contribution in [0.15, 0.2) is 42.5 Å². The first-order valence-electron chi connectivity index (χ1n) is 8.40. The normalized spacial score (nSPS) is 18.5. The van der Waals surface area contributed by atoms with Gasteiger partial charge in [0.05, 0.1) is 6.61 Å². The van der Waals surface area contributed by atoms with Crippen LogP contribution in [0.3, 0.4) is 0 Å². The molecule has 0 radical (unpaired) electrons. The van der Waals surface area contributed by atoms with Crippen LogP contribution in [0.5, 0.6) is 0 Å². The zero-order valence-corrected chi connectivity index (χ0v) is 14.4. The van der Waals surface area contributed by atoms with Gasteiger partial charge in [-0.2, -0.15) is 0 Å². The summed E-state index contributed by atoms with van der Waals surface area (Å²) in [5.41, 5.74) is 3.41. The number of carbonyl (C=O) groups is 2. The second-order valence-electron chi connectivity index (χ2n) is 6.65. The van der Waals surface area contributed by atoms with Crippen molar-refractivity contribution in [2.75, 3.05) is 10.6 Å². The fourth-order valence-corrected chi connectivity index (χ4v) is 2.76. The topological polar surface area (TPSA) is 78.4 Å². The lowest BCUT2D eigenvalue weighted by atomic mass is 10.1. The summed E-state index contributed by atoms with van der Waals surface area (Å²) in [6, 6.07) is 12.3. The van der Waals surface area contributed by atoms with Crippen LogP contribution in [0.25, 0.3) is 0 Å². The van der Waals surface area contributed by atoms with Crippen molar-refractivity contribution in [3.05, 3.63) is 59.2 Å². The second-order valence-corrected chi connectivity index (χ2v) is 6.65. The molecule has 0 aromatic heterocycles. The zero-order chi connectivity index (χ0) is 18.0. The van der Waals surface area contributed by atoms with Gasteiger partial charge in [0.25, 0.3) is 5.91 Å². The molecule has 130 valence electrons. The quantitative estimate of drug-likeness (QED) is 0.782. The molecule has 2 unspecified atom stereocenters. The summed E-state index contributed by atoms with van der Waals surface area (Å²) in [4.78, 5) is 24.6. The highest BCUT2D eigenvalue weighted by Gasteiger charge is 2.39. The Kier molecular flexibility index (Phi) is 4.86. The molecule has 2 aromatic carbocycles. The lowest BCUT2D eigenvalue weighted by Gasteiger charge is -2.11. The van der Waals surface area contributed by atoms with Gasteiger partial charge in [0, 0.05) is 22.9 Å². The van der Waals surface area contributed by atoms with Crippen LogP contribution in [-0.4, -0.2) is 16.9 Å². The Morgan fingerprint density at radius 1 is 1.16 bits per heavy atom. The lowest BCUT2D eigenvalue weighted by molar-refractivity contribution is -0.117. The molecule has 5 heteroatoms. The van der Waals surface area contributed by atoms with E-state index in [2.05, 4.69) is 17.6 Å². The van der Waals surface area contributed by atoms with Crippen LogP contribution in [0.2, 0.25) is 0 Å². The molecule has 0 spiro atoms. The van der Waals surface area contributed by atoms with E-state index in [1.165, 1.54) is 0 Å². The molecule has 25 heavy (non-hydrogen) atoms. The van der Waals surface area contributed by atoms with Gasteiger partial charge in [0.15, 0.2) is 0 Å². The maximum absolute atomic E-state index is 12.5. The molecular weight excluding hydrogens is 316 g/mol. The van der Waals surface area contributed by atoms with E-state index in [0.29, 0.717) is 22.9 Å². The van der Waals surface area contributed by atoms with Crippen molar-refractivity contribution in [2.45, 2.75) is 26.9 Å². The molecule has 0 aliphatic heterocycles. The number of hydrogen-bond acceptors (Lipinski definition) is 3. The average Bonchev–Trinajstić information content (AvgIpc) is 3.34. The summed E-state index contributed by atoms with van der Waals surface area (Å²) in [6.45, 7) is 3.87. The number of nitrogens with one attached hydrogen (secondary N) is 2. The van der Waals surface area contributed by atoms with Crippen LogP contribution in [-0.2, 0) is 11.4 Å².